The predicted octanol–water partition coefficient (Wildman–Crippen LogP) is 3.05. The van der Waals surface area contributed by atoms with Crippen LogP contribution in [0.25, 0.3) is 0 Å². The lowest BCUT2D eigenvalue weighted by molar-refractivity contribution is -0.00794. The highest BCUT2D eigenvalue weighted by Crippen LogP contribution is 2.33. The first-order chi connectivity index (χ1) is 7.59. The van der Waals surface area contributed by atoms with E-state index in [-0.39, 0.29) is 0 Å². The highest BCUT2D eigenvalue weighted by Gasteiger charge is 2.31. The minimum Gasteiger partial charge on any atom is -0.389 e. The van der Waals surface area contributed by atoms with E-state index in [1.807, 2.05) is 6.92 Å². The molecule has 0 saturated heterocycles. The van der Waals surface area contributed by atoms with Crippen molar-refractivity contribution in [3.8, 4) is 0 Å². The third-order valence-electron chi connectivity index (χ3n) is 3.66. The van der Waals surface area contributed by atoms with Crippen LogP contribution in [0.15, 0.2) is 11.1 Å². The molecule has 0 bridgehead atoms. The van der Waals surface area contributed by atoms with Gasteiger partial charge in [-0.3, -0.25) is 0 Å². The van der Waals surface area contributed by atoms with Gasteiger partial charge in [0.1, 0.15) is 0 Å². The lowest BCUT2D eigenvalue weighted by Crippen LogP contribution is -2.43. The van der Waals surface area contributed by atoms with Crippen LogP contribution in [0.4, 0.5) is 0 Å². The van der Waals surface area contributed by atoms with Crippen LogP contribution in [0.3, 0.4) is 0 Å². The number of rotatable bonds is 5. The van der Waals surface area contributed by atoms with Crippen molar-refractivity contribution in [2.24, 2.45) is 5.92 Å². The Hall–Kier alpha value is -0.0500. The van der Waals surface area contributed by atoms with Crippen molar-refractivity contribution in [3.05, 3.63) is 11.1 Å². The Bertz CT molecular complexity index is 232. The fourth-order valence-corrected chi connectivity index (χ4v) is 2.41. The van der Waals surface area contributed by atoms with Crippen LogP contribution < -0.4 is 5.32 Å². The molecule has 0 radical (unpaired) electrons. The summed E-state index contributed by atoms with van der Waals surface area (Å²) in [4.78, 5) is 0. The predicted molar refractivity (Wildman–Crippen MR) is 69.7 cm³/mol. The molecule has 94 valence electrons. The van der Waals surface area contributed by atoms with Crippen LogP contribution in [-0.4, -0.2) is 23.8 Å². The van der Waals surface area contributed by atoms with Crippen molar-refractivity contribution in [1.29, 1.82) is 0 Å². The monoisotopic (exact) mass is 245 g/mol. The van der Waals surface area contributed by atoms with E-state index < -0.39 is 5.60 Å². The highest BCUT2D eigenvalue weighted by molar-refractivity contribution is 6.25. The van der Waals surface area contributed by atoms with E-state index in [4.69, 9.17) is 11.6 Å². The summed E-state index contributed by atoms with van der Waals surface area (Å²) in [6.45, 7) is 5.68. The van der Waals surface area contributed by atoms with Crippen LogP contribution in [0.1, 0.15) is 46.0 Å². The molecular weight excluding hydrogens is 222 g/mol. The van der Waals surface area contributed by atoms with Crippen LogP contribution in [0.2, 0.25) is 0 Å². The van der Waals surface area contributed by atoms with Crippen molar-refractivity contribution in [3.63, 3.8) is 0 Å². The first kappa shape index (κ1) is 14.0. The molecule has 0 aromatic heterocycles. The Balaban J connectivity index is 2.26. The van der Waals surface area contributed by atoms with Gasteiger partial charge < -0.3 is 10.4 Å². The van der Waals surface area contributed by atoms with Gasteiger partial charge in [0.2, 0.25) is 0 Å². The van der Waals surface area contributed by atoms with E-state index in [1.165, 1.54) is 19.3 Å². The Morgan fingerprint density at radius 2 is 2.12 bits per heavy atom. The van der Waals surface area contributed by atoms with Crippen LogP contribution >= 0.6 is 11.6 Å². The van der Waals surface area contributed by atoms with Gasteiger partial charge in [-0.05, 0) is 44.1 Å². The fourth-order valence-electron chi connectivity index (χ4n) is 2.33. The van der Waals surface area contributed by atoms with Gasteiger partial charge in [0.05, 0.1) is 5.60 Å². The van der Waals surface area contributed by atoms with Crippen LogP contribution in [0.5, 0.6) is 0 Å². The maximum atomic E-state index is 10.4. The van der Waals surface area contributed by atoms with Crippen molar-refractivity contribution < 1.29 is 5.11 Å². The summed E-state index contributed by atoms with van der Waals surface area (Å²) in [7, 11) is 0. The zero-order valence-corrected chi connectivity index (χ0v) is 11.2. The second-order valence-corrected chi connectivity index (χ2v) is 5.35. The number of halogens is 1. The molecule has 1 rings (SSSR count). The zero-order valence-electron chi connectivity index (χ0n) is 10.4. The van der Waals surface area contributed by atoms with Gasteiger partial charge in [-0.15, -0.1) is 0 Å². The Kier molecular flexibility index (Phi) is 5.81. The Labute approximate surface area is 104 Å². The summed E-state index contributed by atoms with van der Waals surface area (Å²) in [5.41, 5.74) is 2.20. The van der Waals surface area contributed by atoms with E-state index in [0.717, 1.165) is 30.9 Å². The minimum atomic E-state index is -0.488. The first-order valence-corrected chi connectivity index (χ1v) is 6.72. The van der Waals surface area contributed by atoms with Crippen LogP contribution in [0, 0.1) is 5.92 Å². The molecule has 1 aliphatic rings. The molecule has 0 amide bonds. The average molecular weight is 246 g/mol. The molecule has 1 fully saturated rings. The summed E-state index contributed by atoms with van der Waals surface area (Å²) < 4.78 is 0. The normalized spacial score (nSPS) is 31.8. The molecule has 1 saturated carbocycles. The van der Waals surface area contributed by atoms with E-state index in [9.17, 15) is 5.11 Å². The van der Waals surface area contributed by atoms with Gasteiger partial charge in [0, 0.05) is 18.6 Å². The quantitative estimate of drug-likeness (QED) is 0.780. The average Bonchev–Trinajstić information content (AvgIpc) is 2.30. The molecule has 0 aliphatic heterocycles. The standard InChI is InChI=1S/C13H24ClNO/c1-3-12-4-6-13(16,7-5-12)10-15-9-11(2)8-14/h8,12,15-16H,3-7,9-10H2,1-2H3. The van der Waals surface area contributed by atoms with E-state index in [0.29, 0.717) is 6.54 Å². The molecule has 1 aliphatic carbocycles. The molecular formula is C13H24ClNO. The lowest BCUT2D eigenvalue weighted by atomic mass is 9.78. The summed E-state index contributed by atoms with van der Waals surface area (Å²) >= 11 is 5.58. The minimum absolute atomic E-state index is 0.488. The largest absolute Gasteiger partial charge is 0.389 e. The molecule has 0 unspecified atom stereocenters. The molecule has 16 heavy (non-hydrogen) atoms. The van der Waals surface area contributed by atoms with Gasteiger partial charge in [-0.1, -0.05) is 24.9 Å². The van der Waals surface area contributed by atoms with Gasteiger partial charge in [-0.25, -0.2) is 0 Å². The fraction of sp³-hybridized carbons (Fsp3) is 0.846. The van der Waals surface area contributed by atoms with Crippen molar-refractivity contribution in [2.45, 2.75) is 51.6 Å². The summed E-state index contributed by atoms with van der Waals surface area (Å²) in [6.07, 6.45) is 5.44. The third-order valence-corrected chi connectivity index (χ3v) is 4.03. The van der Waals surface area contributed by atoms with E-state index in [1.54, 1.807) is 5.54 Å². The van der Waals surface area contributed by atoms with Gasteiger partial charge in [-0.2, -0.15) is 0 Å². The van der Waals surface area contributed by atoms with E-state index >= 15 is 0 Å². The Morgan fingerprint density at radius 1 is 1.50 bits per heavy atom. The summed E-state index contributed by atoms with van der Waals surface area (Å²) in [6, 6.07) is 0. The van der Waals surface area contributed by atoms with Crippen molar-refractivity contribution in [1.82, 2.24) is 5.32 Å². The van der Waals surface area contributed by atoms with Crippen LogP contribution in [-0.2, 0) is 0 Å². The lowest BCUT2D eigenvalue weighted by Gasteiger charge is -2.36. The molecule has 2 nitrogen and oxygen atoms in total. The summed E-state index contributed by atoms with van der Waals surface area (Å²) in [5.74, 6) is 0.824. The third kappa shape index (κ3) is 4.44. The topological polar surface area (TPSA) is 32.3 Å². The summed E-state index contributed by atoms with van der Waals surface area (Å²) in [5, 5.41) is 13.6. The SMILES string of the molecule is CCC1CCC(O)(CNCC(C)=CCl)CC1. The smallest absolute Gasteiger partial charge is 0.0771 e. The molecule has 0 aromatic rings. The highest BCUT2D eigenvalue weighted by atomic mass is 35.5. The number of hydrogen-bond acceptors (Lipinski definition) is 2. The van der Waals surface area contributed by atoms with E-state index in [2.05, 4.69) is 12.2 Å². The number of aliphatic hydroxyl groups is 1. The molecule has 0 aromatic carbocycles. The molecule has 2 N–H and O–H groups in total. The first-order valence-electron chi connectivity index (χ1n) is 6.28. The maximum absolute atomic E-state index is 10.4. The second-order valence-electron chi connectivity index (χ2n) is 5.13. The van der Waals surface area contributed by atoms with Gasteiger partial charge in [0.15, 0.2) is 0 Å². The molecule has 0 heterocycles. The molecule has 0 atom stereocenters. The van der Waals surface area contributed by atoms with Gasteiger partial charge in [0.25, 0.3) is 0 Å². The maximum Gasteiger partial charge on any atom is 0.0771 e. The Morgan fingerprint density at radius 3 is 2.62 bits per heavy atom. The van der Waals surface area contributed by atoms with Crippen molar-refractivity contribution in [2.75, 3.05) is 13.1 Å². The molecule has 0 spiro atoms. The van der Waals surface area contributed by atoms with Gasteiger partial charge >= 0.3 is 0 Å². The van der Waals surface area contributed by atoms with Crippen molar-refractivity contribution >= 4 is 11.6 Å². The number of hydrogen-bond donors (Lipinski definition) is 2. The second kappa shape index (κ2) is 6.63. The zero-order chi connectivity index (χ0) is 12.0. The molecule has 3 heteroatoms. The number of nitrogens with one attached hydrogen (secondary N) is 1.